The monoisotopic (exact) mass is 297 g/mol. The summed E-state index contributed by atoms with van der Waals surface area (Å²) >= 11 is 0. The normalized spacial score (nSPS) is 24.6. The predicted octanol–water partition coefficient (Wildman–Crippen LogP) is 2.67. The Hall–Kier alpha value is -1.07. The van der Waals surface area contributed by atoms with Crippen molar-refractivity contribution < 1.29 is 13.2 Å². The Morgan fingerprint density at radius 2 is 1.80 bits per heavy atom. The van der Waals surface area contributed by atoms with Crippen LogP contribution in [0, 0.1) is 18.8 Å². The lowest BCUT2D eigenvalue weighted by Gasteiger charge is -2.34. The van der Waals surface area contributed by atoms with Gasteiger partial charge in [-0.15, -0.1) is 0 Å². The molecular weight excluding hydrogens is 274 g/mol. The standard InChI is InChI=1S/C15H23NO3S/c1-11-5-6-15(14(8-11)19-4)20(17,18)16-9-12(2)7-13(3)10-16/h5-6,8,12-13H,7,9-10H2,1-4H3/t12-,13-/m0/s1. The van der Waals surface area contributed by atoms with E-state index in [1.165, 1.54) is 7.11 Å². The zero-order chi connectivity index (χ0) is 14.9. The van der Waals surface area contributed by atoms with Crippen LogP contribution < -0.4 is 4.74 Å². The molecule has 2 rings (SSSR count). The van der Waals surface area contributed by atoms with E-state index in [2.05, 4.69) is 13.8 Å². The molecule has 0 amide bonds. The molecule has 1 aromatic rings. The first-order valence-corrected chi connectivity index (χ1v) is 8.43. The summed E-state index contributed by atoms with van der Waals surface area (Å²) in [6.45, 7) is 7.30. The van der Waals surface area contributed by atoms with Crippen molar-refractivity contribution in [1.29, 1.82) is 0 Å². The van der Waals surface area contributed by atoms with E-state index in [0.717, 1.165) is 12.0 Å². The van der Waals surface area contributed by atoms with Crippen LogP contribution in [-0.2, 0) is 10.0 Å². The van der Waals surface area contributed by atoms with Gasteiger partial charge in [-0.3, -0.25) is 0 Å². The van der Waals surface area contributed by atoms with E-state index in [-0.39, 0.29) is 4.90 Å². The van der Waals surface area contributed by atoms with Gasteiger partial charge in [-0.1, -0.05) is 19.9 Å². The zero-order valence-electron chi connectivity index (χ0n) is 12.6. The van der Waals surface area contributed by atoms with Gasteiger partial charge in [-0.2, -0.15) is 4.31 Å². The van der Waals surface area contributed by atoms with Crippen molar-refractivity contribution in [2.24, 2.45) is 11.8 Å². The molecule has 4 nitrogen and oxygen atoms in total. The molecule has 0 aliphatic carbocycles. The number of hydrogen-bond acceptors (Lipinski definition) is 3. The van der Waals surface area contributed by atoms with Crippen molar-refractivity contribution in [1.82, 2.24) is 4.31 Å². The molecular formula is C15H23NO3S. The number of methoxy groups -OCH3 is 1. The molecule has 0 bridgehead atoms. The molecule has 1 fully saturated rings. The predicted molar refractivity (Wildman–Crippen MR) is 79.4 cm³/mol. The minimum Gasteiger partial charge on any atom is -0.495 e. The Labute approximate surface area is 121 Å². The highest BCUT2D eigenvalue weighted by atomic mass is 32.2. The molecule has 0 spiro atoms. The fourth-order valence-corrected chi connectivity index (χ4v) is 4.75. The van der Waals surface area contributed by atoms with E-state index < -0.39 is 10.0 Å². The number of piperidine rings is 1. The average molecular weight is 297 g/mol. The SMILES string of the molecule is COc1cc(C)ccc1S(=O)(=O)N1C[C@@H](C)C[C@H](C)C1. The molecule has 0 aromatic heterocycles. The van der Waals surface area contributed by atoms with Gasteiger partial charge in [0, 0.05) is 13.1 Å². The zero-order valence-corrected chi connectivity index (χ0v) is 13.4. The van der Waals surface area contributed by atoms with Gasteiger partial charge in [0.05, 0.1) is 7.11 Å². The van der Waals surface area contributed by atoms with E-state index in [0.29, 0.717) is 30.7 Å². The molecule has 1 aromatic carbocycles. The van der Waals surface area contributed by atoms with E-state index in [1.54, 1.807) is 16.4 Å². The fraction of sp³-hybridized carbons (Fsp3) is 0.600. The van der Waals surface area contributed by atoms with Crippen molar-refractivity contribution in [3.8, 4) is 5.75 Å². The number of benzene rings is 1. The summed E-state index contributed by atoms with van der Waals surface area (Å²) in [4.78, 5) is 0.270. The largest absolute Gasteiger partial charge is 0.495 e. The Bertz CT molecular complexity index is 573. The van der Waals surface area contributed by atoms with E-state index in [4.69, 9.17) is 4.74 Å². The highest BCUT2D eigenvalue weighted by molar-refractivity contribution is 7.89. The van der Waals surface area contributed by atoms with Crippen LogP contribution in [0.1, 0.15) is 25.8 Å². The second kappa shape index (κ2) is 5.74. The first-order valence-electron chi connectivity index (χ1n) is 6.99. The van der Waals surface area contributed by atoms with Crippen LogP contribution in [-0.4, -0.2) is 32.9 Å². The summed E-state index contributed by atoms with van der Waals surface area (Å²) < 4.78 is 32.5. The first kappa shape index (κ1) is 15.3. The Morgan fingerprint density at radius 1 is 1.20 bits per heavy atom. The lowest BCUT2D eigenvalue weighted by Crippen LogP contribution is -2.42. The van der Waals surface area contributed by atoms with Crippen LogP contribution in [0.4, 0.5) is 0 Å². The highest BCUT2D eigenvalue weighted by Crippen LogP contribution is 2.31. The third kappa shape index (κ3) is 2.99. The molecule has 112 valence electrons. The lowest BCUT2D eigenvalue weighted by atomic mass is 9.94. The Morgan fingerprint density at radius 3 is 2.35 bits per heavy atom. The smallest absolute Gasteiger partial charge is 0.246 e. The lowest BCUT2D eigenvalue weighted by molar-refractivity contribution is 0.222. The molecule has 2 atom stereocenters. The highest BCUT2D eigenvalue weighted by Gasteiger charge is 2.33. The van der Waals surface area contributed by atoms with Crippen LogP contribution in [0.3, 0.4) is 0 Å². The quantitative estimate of drug-likeness (QED) is 0.861. The molecule has 0 radical (unpaired) electrons. The van der Waals surface area contributed by atoms with Gasteiger partial charge in [0.1, 0.15) is 10.6 Å². The molecule has 0 N–H and O–H groups in total. The number of hydrogen-bond donors (Lipinski definition) is 0. The minimum atomic E-state index is -3.48. The summed E-state index contributed by atoms with van der Waals surface area (Å²) in [6.07, 6.45) is 1.08. The fourth-order valence-electron chi connectivity index (χ4n) is 2.93. The van der Waals surface area contributed by atoms with Crippen LogP contribution in [0.5, 0.6) is 5.75 Å². The van der Waals surface area contributed by atoms with Gasteiger partial charge in [0.15, 0.2) is 0 Å². The maximum absolute atomic E-state index is 12.8. The maximum Gasteiger partial charge on any atom is 0.246 e. The summed E-state index contributed by atoms with van der Waals surface area (Å²) in [5.41, 5.74) is 0.987. The van der Waals surface area contributed by atoms with E-state index in [9.17, 15) is 8.42 Å². The number of aryl methyl sites for hydroxylation is 1. The van der Waals surface area contributed by atoms with Crippen molar-refractivity contribution in [3.05, 3.63) is 23.8 Å². The number of sulfonamides is 1. The van der Waals surface area contributed by atoms with Gasteiger partial charge in [-0.25, -0.2) is 8.42 Å². The van der Waals surface area contributed by atoms with Gasteiger partial charge in [0.2, 0.25) is 10.0 Å². The maximum atomic E-state index is 12.8. The second-order valence-electron chi connectivity index (χ2n) is 5.92. The van der Waals surface area contributed by atoms with Gasteiger partial charge >= 0.3 is 0 Å². The number of ether oxygens (including phenoxy) is 1. The summed E-state index contributed by atoms with van der Waals surface area (Å²) in [5, 5.41) is 0. The van der Waals surface area contributed by atoms with Crippen molar-refractivity contribution in [2.45, 2.75) is 32.1 Å². The molecule has 20 heavy (non-hydrogen) atoms. The van der Waals surface area contributed by atoms with Crippen LogP contribution in [0.2, 0.25) is 0 Å². The molecule has 1 heterocycles. The first-order chi connectivity index (χ1) is 9.34. The summed E-state index contributed by atoms with van der Waals surface area (Å²) in [5.74, 6) is 1.21. The molecule has 1 aliphatic rings. The molecule has 1 saturated heterocycles. The summed E-state index contributed by atoms with van der Waals surface area (Å²) in [6, 6.07) is 5.23. The summed E-state index contributed by atoms with van der Waals surface area (Å²) in [7, 11) is -1.97. The van der Waals surface area contributed by atoms with Crippen LogP contribution in [0.15, 0.2) is 23.1 Å². The molecule has 5 heteroatoms. The van der Waals surface area contributed by atoms with Crippen LogP contribution in [0.25, 0.3) is 0 Å². The third-order valence-electron chi connectivity index (χ3n) is 3.77. The van der Waals surface area contributed by atoms with E-state index in [1.807, 2.05) is 13.0 Å². The van der Waals surface area contributed by atoms with Gasteiger partial charge < -0.3 is 4.74 Å². The second-order valence-corrected chi connectivity index (χ2v) is 7.83. The third-order valence-corrected chi connectivity index (χ3v) is 5.64. The van der Waals surface area contributed by atoms with Gasteiger partial charge in [0.25, 0.3) is 0 Å². The Balaban J connectivity index is 2.39. The molecule has 0 unspecified atom stereocenters. The number of nitrogens with zero attached hydrogens (tertiary/aromatic N) is 1. The van der Waals surface area contributed by atoms with Crippen molar-refractivity contribution >= 4 is 10.0 Å². The van der Waals surface area contributed by atoms with Crippen molar-refractivity contribution in [2.75, 3.05) is 20.2 Å². The van der Waals surface area contributed by atoms with Gasteiger partial charge in [-0.05, 0) is 42.9 Å². The molecule has 0 saturated carbocycles. The number of rotatable bonds is 3. The van der Waals surface area contributed by atoms with E-state index >= 15 is 0 Å². The minimum absolute atomic E-state index is 0.270. The van der Waals surface area contributed by atoms with Crippen molar-refractivity contribution in [3.63, 3.8) is 0 Å². The Kier molecular flexibility index (Phi) is 4.39. The van der Waals surface area contributed by atoms with Crippen LogP contribution >= 0.6 is 0 Å². The topological polar surface area (TPSA) is 46.6 Å². The average Bonchev–Trinajstić information content (AvgIpc) is 2.37. The molecule has 1 aliphatic heterocycles.